The molecule has 21 heavy (non-hydrogen) atoms. The quantitative estimate of drug-likeness (QED) is 0.271. The first-order valence-corrected chi connectivity index (χ1v) is 12.3. The molecule has 0 aliphatic carbocycles. The summed E-state index contributed by atoms with van der Waals surface area (Å²) in [6.07, 6.45) is 10.4. The molecule has 1 rings (SSSR count). The first kappa shape index (κ1) is 20.4. The molecule has 0 aliphatic heterocycles. The Labute approximate surface area is 122 Å². The van der Waals surface area contributed by atoms with Crippen LogP contribution in [0.1, 0.15) is 19.8 Å². The molecule has 1 aromatic heterocycles. The van der Waals surface area contributed by atoms with Crippen molar-refractivity contribution in [2.24, 2.45) is 0 Å². The minimum atomic E-state index is -10.7. The van der Waals surface area contributed by atoms with Gasteiger partial charge in [0.25, 0.3) is 0 Å². The molecule has 2 nitrogen and oxygen atoms in total. The summed E-state index contributed by atoms with van der Waals surface area (Å²) in [5.74, 6) is 0. The van der Waals surface area contributed by atoms with Crippen molar-refractivity contribution in [2.45, 2.75) is 52.1 Å². The third-order valence-electron chi connectivity index (χ3n) is 2.17. The van der Waals surface area contributed by atoms with Crippen molar-refractivity contribution in [3.8, 4) is 0 Å². The van der Waals surface area contributed by atoms with Gasteiger partial charge in [-0.3, -0.25) is 0 Å². The Bertz CT molecular complexity index is 437. The van der Waals surface area contributed by atoms with Gasteiger partial charge in [-0.05, 0) is 6.42 Å². The van der Waals surface area contributed by atoms with Crippen LogP contribution in [0, 0.1) is 0 Å². The molecule has 0 unspecified atom stereocenters. The van der Waals surface area contributed by atoms with E-state index in [1.165, 1.54) is 19.0 Å². The molecular weight excluding hydrogens is 333 g/mol. The van der Waals surface area contributed by atoms with Gasteiger partial charge in [-0.25, -0.2) is 9.13 Å². The number of imidazole rings is 1. The van der Waals surface area contributed by atoms with Crippen molar-refractivity contribution in [3.63, 3.8) is 0 Å². The molecule has 0 bridgehead atoms. The summed E-state index contributed by atoms with van der Waals surface area (Å²) >= 11 is 0. The molecule has 0 aliphatic rings. The number of hydrogen-bond donors (Lipinski definition) is 0. The Hall–Kier alpha value is -0.563. The number of rotatable bonds is 5. The van der Waals surface area contributed by atoms with Gasteiger partial charge in [-0.15, -0.1) is 0 Å². The molecular formula is C11H23F6N2PSi. The van der Waals surface area contributed by atoms with Crippen molar-refractivity contribution in [2.75, 3.05) is 0 Å². The molecule has 1 heterocycles. The zero-order chi connectivity index (χ0) is 17.0. The van der Waals surface area contributed by atoms with E-state index >= 15 is 0 Å². The third kappa shape index (κ3) is 19.4. The van der Waals surface area contributed by atoms with Crippen LogP contribution in [0.4, 0.5) is 25.2 Å². The van der Waals surface area contributed by atoms with Gasteiger partial charge < -0.3 is 0 Å². The van der Waals surface area contributed by atoms with Gasteiger partial charge >= 0.3 is 33.0 Å². The van der Waals surface area contributed by atoms with Crippen LogP contribution in [0.2, 0.25) is 19.6 Å². The van der Waals surface area contributed by atoms with Crippen LogP contribution in [0.5, 0.6) is 0 Å². The number of halogens is 6. The van der Waals surface area contributed by atoms with Gasteiger partial charge in [-0.2, -0.15) is 0 Å². The standard InChI is InChI=1S/C11H23N2Si.F6P/c1-5-6-7-12-8-9-13(10-12)11-14(2,3)4;1-7(2,3,4,5)6/h8-10H,5-7,11H2,1-4H3;/q+1;-1. The topological polar surface area (TPSA) is 8.81 Å². The molecule has 10 heteroatoms. The van der Waals surface area contributed by atoms with Gasteiger partial charge in [0.2, 0.25) is 6.33 Å². The summed E-state index contributed by atoms with van der Waals surface area (Å²) in [6, 6.07) is 0. The van der Waals surface area contributed by atoms with Crippen LogP contribution in [0.3, 0.4) is 0 Å². The van der Waals surface area contributed by atoms with Crippen LogP contribution >= 0.6 is 7.81 Å². The van der Waals surface area contributed by atoms with Crippen molar-refractivity contribution in [3.05, 3.63) is 18.7 Å². The minimum absolute atomic E-state index is 0.966. The van der Waals surface area contributed by atoms with E-state index in [0.29, 0.717) is 0 Å². The Morgan fingerprint density at radius 3 is 1.90 bits per heavy atom. The fraction of sp³-hybridized carbons (Fsp3) is 0.727. The first-order valence-electron chi connectivity index (χ1n) is 6.57. The second-order valence-corrected chi connectivity index (χ2v) is 13.6. The van der Waals surface area contributed by atoms with E-state index in [4.69, 9.17) is 0 Å². The SMILES string of the molecule is CCCCn1cc[n+](C[Si](C)(C)C)c1.F[P-](F)(F)(F)(F)F. The van der Waals surface area contributed by atoms with Crippen LogP contribution in [-0.4, -0.2) is 12.6 Å². The van der Waals surface area contributed by atoms with E-state index < -0.39 is 15.9 Å². The number of aryl methyl sites for hydroxylation is 1. The Kier molecular flexibility index (Phi) is 5.75. The molecule has 0 N–H and O–H groups in total. The summed E-state index contributed by atoms with van der Waals surface area (Å²) in [6.45, 7) is 10.6. The summed E-state index contributed by atoms with van der Waals surface area (Å²) in [7, 11) is -11.6. The zero-order valence-electron chi connectivity index (χ0n) is 12.7. The molecule has 128 valence electrons. The van der Waals surface area contributed by atoms with Gasteiger partial charge in [0.15, 0.2) is 0 Å². The van der Waals surface area contributed by atoms with Crippen molar-refractivity contribution in [1.29, 1.82) is 0 Å². The van der Waals surface area contributed by atoms with Crippen LogP contribution in [0.15, 0.2) is 18.7 Å². The second-order valence-electron chi connectivity index (χ2n) is 6.20. The van der Waals surface area contributed by atoms with E-state index in [1.807, 2.05) is 0 Å². The number of aromatic nitrogens is 2. The predicted molar refractivity (Wildman–Crippen MR) is 76.4 cm³/mol. The number of hydrogen-bond acceptors (Lipinski definition) is 0. The van der Waals surface area contributed by atoms with E-state index in [0.717, 1.165) is 6.54 Å². The number of nitrogens with zero attached hydrogens (tertiary/aromatic N) is 2. The summed E-state index contributed by atoms with van der Waals surface area (Å²) < 4.78 is 63.8. The molecule has 1 aromatic rings. The monoisotopic (exact) mass is 356 g/mol. The van der Waals surface area contributed by atoms with Gasteiger partial charge in [-0.1, -0.05) is 33.0 Å². The summed E-state index contributed by atoms with van der Waals surface area (Å²) in [5.41, 5.74) is 0. The van der Waals surface area contributed by atoms with Crippen molar-refractivity contribution < 1.29 is 29.7 Å². The number of unbranched alkanes of at least 4 members (excludes halogenated alkanes) is 1. The zero-order valence-corrected chi connectivity index (χ0v) is 14.6. The van der Waals surface area contributed by atoms with Crippen LogP contribution < -0.4 is 4.57 Å². The average molecular weight is 356 g/mol. The van der Waals surface area contributed by atoms with E-state index in [2.05, 4.69) is 54.4 Å². The van der Waals surface area contributed by atoms with E-state index in [1.54, 1.807) is 0 Å². The van der Waals surface area contributed by atoms with Gasteiger partial charge in [0.1, 0.15) is 12.4 Å². The molecule has 0 amide bonds. The third-order valence-corrected chi connectivity index (χ3v) is 3.49. The Morgan fingerprint density at radius 2 is 1.52 bits per heavy atom. The van der Waals surface area contributed by atoms with Crippen molar-refractivity contribution >= 4 is 15.9 Å². The van der Waals surface area contributed by atoms with Crippen LogP contribution in [-0.2, 0) is 12.7 Å². The van der Waals surface area contributed by atoms with Gasteiger partial charge in [0.05, 0.1) is 20.8 Å². The Balaban J connectivity index is 0.000000486. The maximum absolute atomic E-state index is 10.7. The summed E-state index contributed by atoms with van der Waals surface area (Å²) in [5, 5.41) is 0. The molecule has 0 fully saturated rings. The Morgan fingerprint density at radius 1 is 1.05 bits per heavy atom. The molecule has 0 spiro atoms. The molecule has 0 radical (unpaired) electrons. The summed E-state index contributed by atoms with van der Waals surface area (Å²) in [4.78, 5) is 0. The predicted octanol–water partition coefficient (Wildman–Crippen LogP) is 5.84. The fourth-order valence-corrected chi connectivity index (χ4v) is 2.84. The molecule has 0 saturated heterocycles. The van der Waals surface area contributed by atoms with Crippen LogP contribution in [0.25, 0.3) is 0 Å². The fourth-order valence-electron chi connectivity index (χ4n) is 1.55. The van der Waals surface area contributed by atoms with E-state index in [9.17, 15) is 25.2 Å². The molecule has 0 saturated carbocycles. The van der Waals surface area contributed by atoms with Gasteiger partial charge in [0, 0.05) is 0 Å². The molecule has 0 aromatic carbocycles. The van der Waals surface area contributed by atoms with Crippen molar-refractivity contribution in [1.82, 2.24) is 4.57 Å². The molecule has 0 atom stereocenters. The normalized spacial score (nSPS) is 15.7. The maximum atomic E-state index is 9.87. The second kappa shape index (κ2) is 5.91. The van der Waals surface area contributed by atoms with E-state index in [-0.39, 0.29) is 0 Å². The average Bonchev–Trinajstić information content (AvgIpc) is 2.54. The first-order chi connectivity index (χ1) is 8.96.